The summed E-state index contributed by atoms with van der Waals surface area (Å²) in [5, 5.41) is 9.02. The van der Waals surface area contributed by atoms with Gasteiger partial charge < -0.3 is 9.80 Å². The number of carbonyl (C=O) groups excluding carboxylic acids is 1. The predicted molar refractivity (Wildman–Crippen MR) is 77.1 cm³/mol. The van der Waals surface area contributed by atoms with Crippen molar-refractivity contribution in [3.8, 4) is 0 Å². The highest BCUT2D eigenvalue weighted by atomic mass is 32.1. The smallest absolute Gasteiger partial charge is 0.274 e. The monoisotopic (exact) mass is 302 g/mol. The Morgan fingerprint density at radius 3 is 2.90 bits per heavy atom. The van der Waals surface area contributed by atoms with E-state index in [1.807, 2.05) is 4.90 Å². The number of carbonyl (C=O) groups is 1. The minimum absolute atomic E-state index is 0.0188. The molecular weight excluding hydrogens is 288 g/mol. The molecule has 21 heavy (non-hydrogen) atoms. The maximum atomic E-state index is 12.6. The molecule has 2 atom stereocenters. The van der Waals surface area contributed by atoms with Gasteiger partial charge in [-0.3, -0.25) is 9.78 Å². The molecule has 0 aliphatic carbocycles. The first-order valence-corrected chi connectivity index (χ1v) is 7.82. The Morgan fingerprint density at radius 2 is 2.14 bits per heavy atom. The molecule has 2 saturated heterocycles. The summed E-state index contributed by atoms with van der Waals surface area (Å²) in [6, 6.07) is 0.585. The van der Waals surface area contributed by atoms with Crippen LogP contribution in [0, 0.1) is 0 Å². The van der Waals surface area contributed by atoms with Crippen LogP contribution in [-0.2, 0) is 0 Å². The van der Waals surface area contributed by atoms with Crippen molar-refractivity contribution < 1.29 is 4.79 Å². The molecule has 2 aromatic rings. The van der Waals surface area contributed by atoms with Crippen LogP contribution in [0.2, 0.25) is 0 Å². The fourth-order valence-corrected chi connectivity index (χ4v) is 3.97. The summed E-state index contributed by atoms with van der Waals surface area (Å²) in [6.45, 7) is 1.69. The van der Waals surface area contributed by atoms with E-state index in [0.717, 1.165) is 31.1 Å². The fraction of sp³-hybridized carbons (Fsp3) is 0.462. The lowest BCUT2D eigenvalue weighted by Crippen LogP contribution is -2.40. The lowest BCUT2D eigenvalue weighted by Gasteiger charge is -2.24. The molecule has 0 spiro atoms. The largest absolute Gasteiger partial charge is 0.341 e. The standard InChI is InChI=1S/C13H14N6OS/c20-12(9-7-14-3-4-15-9)18-5-1-11-10(18)2-6-19(11)13-17-16-8-21-13/h3-4,7-8,10-11H,1-2,5-6H2/t10-,11+/m0/s1. The Kier molecular flexibility index (Phi) is 3.03. The van der Waals surface area contributed by atoms with Crippen LogP contribution < -0.4 is 4.90 Å². The van der Waals surface area contributed by atoms with Gasteiger partial charge in [0.1, 0.15) is 11.2 Å². The second-order valence-corrected chi connectivity index (χ2v) is 6.03. The third-order valence-corrected chi connectivity index (χ3v) is 4.94. The first-order chi connectivity index (χ1) is 10.3. The van der Waals surface area contributed by atoms with Crippen molar-refractivity contribution in [2.24, 2.45) is 0 Å². The van der Waals surface area contributed by atoms with Gasteiger partial charge in [0.2, 0.25) is 5.13 Å². The zero-order valence-electron chi connectivity index (χ0n) is 11.3. The third-order valence-electron chi connectivity index (χ3n) is 4.21. The van der Waals surface area contributed by atoms with Crippen molar-refractivity contribution in [3.05, 3.63) is 29.8 Å². The molecule has 8 heteroatoms. The maximum absolute atomic E-state index is 12.6. The SMILES string of the molecule is O=C(c1cnccn1)N1CC[C@@H]2[C@@H]1CCN2c1nncs1. The quantitative estimate of drug-likeness (QED) is 0.817. The van der Waals surface area contributed by atoms with Crippen LogP contribution in [0.3, 0.4) is 0 Å². The molecule has 0 unspecified atom stereocenters. The van der Waals surface area contributed by atoms with Crippen molar-refractivity contribution in [1.82, 2.24) is 25.1 Å². The van der Waals surface area contributed by atoms with Gasteiger partial charge >= 0.3 is 0 Å². The van der Waals surface area contributed by atoms with Gasteiger partial charge in [-0.05, 0) is 12.8 Å². The molecule has 0 radical (unpaired) electrons. The van der Waals surface area contributed by atoms with Gasteiger partial charge in [-0.25, -0.2) is 4.98 Å². The fourth-order valence-electron chi connectivity index (χ4n) is 3.32. The lowest BCUT2D eigenvalue weighted by atomic mass is 10.1. The molecule has 0 N–H and O–H groups in total. The van der Waals surface area contributed by atoms with E-state index in [0.29, 0.717) is 11.7 Å². The number of anilines is 1. The Bertz CT molecular complexity index is 633. The molecule has 0 bridgehead atoms. The van der Waals surface area contributed by atoms with Crippen LogP contribution in [0.15, 0.2) is 24.1 Å². The summed E-state index contributed by atoms with van der Waals surface area (Å²) in [4.78, 5) is 24.9. The van der Waals surface area contributed by atoms with E-state index in [2.05, 4.69) is 25.1 Å². The Labute approximate surface area is 125 Å². The molecule has 2 fully saturated rings. The molecule has 2 aliphatic heterocycles. The van der Waals surface area contributed by atoms with E-state index in [-0.39, 0.29) is 11.9 Å². The second-order valence-electron chi connectivity index (χ2n) is 5.22. The van der Waals surface area contributed by atoms with Crippen LogP contribution in [0.4, 0.5) is 5.13 Å². The zero-order chi connectivity index (χ0) is 14.2. The summed E-state index contributed by atoms with van der Waals surface area (Å²) in [6.07, 6.45) is 6.61. The van der Waals surface area contributed by atoms with E-state index in [1.54, 1.807) is 29.2 Å². The van der Waals surface area contributed by atoms with Crippen LogP contribution >= 0.6 is 11.3 Å². The maximum Gasteiger partial charge on any atom is 0.274 e. The van der Waals surface area contributed by atoms with E-state index < -0.39 is 0 Å². The van der Waals surface area contributed by atoms with Crippen molar-refractivity contribution in [3.63, 3.8) is 0 Å². The number of rotatable bonds is 2. The average Bonchev–Trinajstić information content (AvgIpc) is 3.24. The number of hydrogen-bond acceptors (Lipinski definition) is 7. The van der Waals surface area contributed by atoms with Crippen molar-refractivity contribution in [2.45, 2.75) is 24.9 Å². The molecular formula is C13H14N6OS. The van der Waals surface area contributed by atoms with Crippen LogP contribution in [0.1, 0.15) is 23.3 Å². The van der Waals surface area contributed by atoms with Crippen molar-refractivity contribution in [2.75, 3.05) is 18.0 Å². The minimum Gasteiger partial charge on any atom is -0.341 e. The summed E-state index contributed by atoms with van der Waals surface area (Å²) in [7, 11) is 0. The molecule has 0 aromatic carbocycles. The molecule has 2 aromatic heterocycles. The minimum atomic E-state index is -0.0188. The molecule has 108 valence electrons. The van der Waals surface area contributed by atoms with E-state index in [9.17, 15) is 4.79 Å². The Morgan fingerprint density at radius 1 is 1.24 bits per heavy atom. The number of hydrogen-bond donors (Lipinski definition) is 0. The highest BCUT2D eigenvalue weighted by molar-refractivity contribution is 7.13. The molecule has 2 aliphatic rings. The van der Waals surface area contributed by atoms with Crippen molar-refractivity contribution in [1.29, 1.82) is 0 Å². The molecule has 4 heterocycles. The first kappa shape index (κ1) is 12.6. The zero-order valence-corrected chi connectivity index (χ0v) is 12.1. The van der Waals surface area contributed by atoms with E-state index >= 15 is 0 Å². The van der Waals surface area contributed by atoms with Gasteiger partial charge in [-0.2, -0.15) is 0 Å². The number of amides is 1. The summed E-state index contributed by atoms with van der Waals surface area (Å²) in [5.74, 6) is -0.0188. The van der Waals surface area contributed by atoms with Gasteiger partial charge in [0.15, 0.2) is 0 Å². The van der Waals surface area contributed by atoms with E-state index in [4.69, 9.17) is 0 Å². The van der Waals surface area contributed by atoms with Gasteiger partial charge in [0.25, 0.3) is 5.91 Å². The van der Waals surface area contributed by atoms with Gasteiger partial charge in [0, 0.05) is 25.5 Å². The second kappa shape index (κ2) is 5.03. The highest BCUT2D eigenvalue weighted by Gasteiger charge is 2.45. The Balaban J connectivity index is 1.55. The number of fused-ring (bicyclic) bond motifs is 1. The third kappa shape index (κ3) is 2.06. The number of aromatic nitrogens is 4. The molecule has 4 rings (SSSR count). The summed E-state index contributed by atoms with van der Waals surface area (Å²) < 4.78 is 0. The highest BCUT2D eigenvalue weighted by Crippen LogP contribution is 2.35. The van der Waals surface area contributed by atoms with Crippen LogP contribution in [0.5, 0.6) is 0 Å². The lowest BCUT2D eigenvalue weighted by molar-refractivity contribution is 0.0731. The number of likely N-dealkylation sites (tertiary alicyclic amines) is 1. The topological polar surface area (TPSA) is 75.1 Å². The Hall–Kier alpha value is -2.09. The van der Waals surface area contributed by atoms with Gasteiger partial charge in [-0.1, -0.05) is 11.3 Å². The van der Waals surface area contributed by atoms with Gasteiger partial charge in [-0.15, -0.1) is 10.2 Å². The normalized spacial score (nSPS) is 24.4. The molecule has 7 nitrogen and oxygen atoms in total. The summed E-state index contributed by atoms with van der Waals surface area (Å²) in [5.41, 5.74) is 2.17. The van der Waals surface area contributed by atoms with Gasteiger partial charge in [0.05, 0.1) is 18.3 Å². The predicted octanol–water partition coefficient (Wildman–Crippen LogP) is 0.821. The average molecular weight is 302 g/mol. The first-order valence-electron chi connectivity index (χ1n) is 6.94. The van der Waals surface area contributed by atoms with Crippen LogP contribution in [-0.4, -0.2) is 56.1 Å². The summed E-state index contributed by atoms with van der Waals surface area (Å²) >= 11 is 1.55. The molecule has 0 saturated carbocycles. The van der Waals surface area contributed by atoms with E-state index in [1.165, 1.54) is 6.20 Å². The number of nitrogens with zero attached hydrogens (tertiary/aromatic N) is 6. The van der Waals surface area contributed by atoms with Crippen LogP contribution in [0.25, 0.3) is 0 Å². The van der Waals surface area contributed by atoms with Crippen molar-refractivity contribution >= 4 is 22.4 Å². The molecule has 1 amide bonds.